The van der Waals surface area contributed by atoms with Crippen molar-refractivity contribution in [2.75, 3.05) is 0 Å². The van der Waals surface area contributed by atoms with Gasteiger partial charge in [-0.25, -0.2) is 0 Å². The molecule has 14 heavy (non-hydrogen) atoms. The van der Waals surface area contributed by atoms with Crippen molar-refractivity contribution in [3.8, 4) is 0 Å². The number of hydrogen-bond donors (Lipinski definition) is 0. The van der Waals surface area contributed by atoms with Crippen LogP contribution in [-0.2, 0) is 6.42 Å². The molecule has 75 valence electrons. The van der Waals surface area contributed by atoms with Crippen molar-refractivity contribution < 1.29 is 0 Å². The third-order valence-corrected chi connectivity index (χ3v) is 3.12. The SMILES string of the molecule is [CH]1CCCCCC1Cc1ccccc1. The molecule has 0 heterocycles. The standard InChI is InChI=1S/C14H19/c1-2-5-9-13(8-4-1)12-14-10-6-3-7-11-14/h3,6-8,10-11,13H,1-2,4-5,9,12H2. The lowest BCUT2D eigenvalue weighted by Gasteiger charge is -2.13. The summed E-state index contributed by atoms with van der Waals surface area (Å²) in [5.41, 5.74) is 1.50. The summed E-state index contributed by atoms with van der Waals surface area (Å²) in [6.07, 6.45) is 10.8. The lowest BCUT2D eigenvalue weighted by Crippen LogP contribution is -2.03. The predicted octanol–water partition coefficient (Wildman–Crippen LogP) is 4.01. The Morgan fingerprint density at radius 3 is 2.71 bits per heavy atom. The van der Waals surface area contributed by atoms with E-state index in [1.807, 2.05) is 0 Å². The molecule has 0 bridgehead atoms. The lowest BCUT2D eigenvalue weighted by molar-refractivity contribution is 0.541. The van der Waals surface area contributed by atoms with Crippen molar-refractivity contribution >= 4 is 0 Å². The molecule has 0 saturated heterocycles. The van der Waals surface area contributed by atoms with Crippen LogP contribution in [0.3, 0.4) is 0 Å². The van der Waals surface area contributed by atoms with Crippen LogP contribution in [0.15, 0.2) is 30.3 Å². The van der Waals surface area contributed by atoms with Gasteiger partial charge in [-0.2, -0.15) is 0 Å². The molecule has 1 aromatic carbocycles. The van der Waals surface area contributed by atoms with Gasteiger partial charge in [-0.1, -0.05) is 49.6 Å². The monoisotopic (exact) mass is 187 g/mol. The highest BCUT2D eigenvalue weighted by molar-refractivity contribution is 5.15. The van der Waals surface area contributed by atoms with E-state index in [1.165, 1.54) is 44.1 Å². The smallest absolute Gasteiger partial charge is 0.0248 e. The van der Waals surface area contributed by atoms with Gasteiger partial charge in [0.1, 0.15) is 0 Å². The molecule has 0 N–H and O–H groups in total. The first kappa shape index (κ1) is 9.76. The van der Waals surface area contributed by atoms with Crippen LogP contribution in [0.2, 0.25) is 0 Å². The highest BCUT2D eigenvalue weighted by atomic mass is 14.2. The summed E-state index contributed by atoms with van der Waals surface area (Å²) in [4.78, 5) is 0. The zero-order valence-electron chi connectivity index (χ0n) is 8.78. The van der Waals surface area contributed by atoms with Gasteiger partial charge in [-0.05, 0) is 37.2 Å². The minimum Gasteiger partial charge on any atom is -0.0622 e. The first-order chi connectivity index (χ1) is 6.95. The van der Waals surface area contributed by atoms with Crippen LogP contribution < -0.4 is 0 Å². The minimum absolute atomic E-state index is 0.833. The summed E-state index contributed by atoms with van der Waals surface area (Å²) >= 11 is 0. The Labute approximate surface area is 87.3 Å². The molecule has 1 fully saturated rings. The molecule has 0 aromatic heterocycles. The van der Waals surface area contributed by atoms with E-state index in [4.69, 9.17) is 0 Å². The summed E-state index contributed by atoms with van der Waals surface area (Å²) in [6, 6.07) is 10.9. The van der Waals surface area contributed by atoms with Crippen LogP contribution in [0.25, 0.3) is 0 Å². The van der Waals surface area contributed by atoms with Gasteiger partial charge in [0.15, 0.2) is 0 Å². The van der Waals surface area contributed by atoms with Gasteiger partial charge in [-0.15, -0.1) is 0 Å². The van der Waals surface area contributed by atoms with E-state index in [1.54, 1.807) is 0 Å². The second kappa shape index (κ2) is 5.19. The molecule has 2 rings (SSSR count). The Morgan fingerprint density at radius 2 is 1.86 bits per heavy atom. The van der Waals surface area contributed by atoms with Crippen molar-refractivity contribution in [1.82, 2.24) is 0 Å². The minimum atomic E-state index is 0.833. The summed E-state index contributed by atoms with van der Waals surface area (Å²) in [7, 11) is 0. The van der Waals surface area contributed by atoms with Crippen LogP contribution in [0.1, 0.15) is 37.7 Å². The van der Waals surface area contributed by atoms with Crippen LogP contribution >= 0.6 is 0 Å². The molecule has 1 aliphatic rings. The molecule has 1 saturated carbocycles. The molecule has 0 nitrogen and oxygen atoms in total. The number of hydrogen-bond acceptors (Lipinski definition) is 0. The third kappa shape index (κ3) is 2.87. The molecule has 1 aromatic rings. The van der Waals surface area contributed by atoms with Gasteiger partial charge >= 0.3 is 0 Å². The summed E-state index contributed by atoms with van der Waals surface area (Å²) in [6.45, 7) is 0. The van der Waals surface area contributed by atoms with Crippen molar-refractivity contribution in [3.05, 3.63) is 42.3 Å². The fourth-order valence-corrected chi connectivity index (χ4v) is 2.30. The topological polar surface area (TPSA) is 0 Å². The predicted molar refractivity (Wildman–Crippen MR) is 61.0 cm³/mol. The Bertz CT molecular complexity index is 242. The molecule has 0 amide bonds. The summed E-state index contributed by atoms with van der Waals surface area (Å²) in [5.74, 6) is 0.833. The average Bonchev–Trinajstić information content (AvgIpc) is 2.48. The molecule has 1 aliphatic carbocycles. The second-order valence-electron chi connectivity index (χ2n) is 4.32. The number of rotatable bonds is 2. The number of benzene rings is 1. The van der Waals surface area contributed by atoms with Gasteiger partial charge in [0, 0.05) is 0 Å². The van der Waals surface area contributed by atoms with E-state index < -0.39 is 0 Å². The van der Waals surface area contributed by atoms with Crippen molar-refractivity contribution in [1.29, 1.82) is 0 Å². The van der Waals surface area contributed by atoms with Crippen LogP contribution in [0.5, 0.6) is 0 Å². The Morgan fingerprint density at radius 1 is 1.00 bits per heavy atom. The fourth-order valence-electron chi connectivity index (χ4n) is 2.30. The molecule has 0 heteroatoms. The van der Waals surface area contributed by atoms with Gasteiger partial charge in [0.05, 0.1) is 0 Å². The average molecular weight is 187 g/mol. The Balaban J connectivity index is 1.90. The lowest BCUT2D eigenvalue weighted by atomic mass is 9.93. The van der Waals surface area contributed by atoms with Crippen LogP contribution in [0, 0.1) is 12.3 Å². The molecule has 1 atom stereocenters. The normalized spacial score (nSPS) is 19.1. The van der Waals surface area contributed by atoms with Gasteiger partial charge < -0.3 is 0 Å². The van der Waals surface area contributed by atoms with Crippen LogP contribution in [0.4, 0.5) is 0 Å². The zero-order chi connectivity index (χ0) is 9.64. The van der Waals surface area contributed by atoms with Crippen molar-refractivity contribution in [2.45, 2.75) is 38.5 Å². The molecule has 0 aliphatic heterocycles. The summed E-state index contributed by atoms with van der Waals surface area (Å²) in [5, 5.41) is 0. The zero-order valence-corrected chi connectivity index (χ0v) is 8.78. The third-order valence-electron chi connectivity index (χ3n) is 3.12. The first-order valence-corrected chi connectivity index (χ1v) is 5.82. The maximum atomic E-state index is 2.54. The van der Waals surface area contributed by atoms with Gasteiger partial charge in [0.2, 0.25) is 0 Å². The van der Waals surface area contributed by atoms with E-state index in [2.05, 4.69) is 36.8 Å². The molecule has 1 radical (unpaired) electrons. The largest absolute Gasteiger partial charge is 0.0622 e. The van der Waals surface area contributed by atoms with E-state index in [-0.39, 0.29) is 0 Å². The molecular weight excluding hydrogens is 168 g/mol. The Hall–Kier alpha value is -0.780. The highest BCUT2D eigenvalue weighted by Crippen LogP contribution is 2.24. The molecule has 0 spiro atoms. The molecular formula is C14H19. The summed E-state index contributed by atoms with van der Waals surface area (Å²) < 4.78 is 0. The fraction of sp³-hybridized carbons (Fsp3) is 0.500. The molecule has 1 unspecified atom stereocenters. The van der Waals surface area contributed by atoms with Crippen LogP contribution in [-0.4, -0.2) is 0 Å². The maximum absolute atomic E-state index is 2.54. The maximum Gasteiger partial charge on any atom is -0.0248 e. The quantitative estimate of drug-likeness (QED) is 0.614. The first-order valence-electron chi connectivity index (χ1n) is 5.82. The highest BCUT2D eigenvalue weighted by Gasteiger charge is 2.12. The second-order valence-corrected chi connectivity index (χ2v) is 4.32. The van der Waals surface area contributed by atoms with E-state index >= 15 is 0 Å². The van der Waals surface area contributed by atoms with Gasteiger partial charge in [-0.3, -0.25) is 0 Å². The van der Waals surface area contributed by atoms with Gasteiger partial charge in [0.25, 0.3) is 0 Å². The van der Waals surface area contributed by atoms with E-state index in [0.717, 1.165) is 5.92 Å². The van der Waals surface area contributed by atoms with E-state index in [0.29, 0.717) is 0 Å². The Kier molecular flexibility index (Phi) is 3.62. The van der Waals surface area contributed by atoms with E-state index in [9.17, 15) is 0 Å². The van der Waals surface area contributed by atoms with Crippen molar-refractivity contribution in [3.63, 3.8) is 0 Å². The van der Waals surface area contributed by atoms with Crippen molar-refractivity contribution in [2.24, 2.45) is 5.92 Å².